The van der Waals surface area contributed by atoms with E-state index in [0.717, 1.165) is 11.3 Å². The number of nitrogens with one attached hydrogen (secondary N) is 1. The highest BCUT2D eigenvalue weighted by atomic mass is 16.5. The Hall–Kier alpha value is -1.72. The molecule has 0 fully saturated rings. The first kappa shape index (κ1) is 11.4. The normalized spacial score (nSPS) is 11.5. The molecule has 0 saturated carbocycles. The molecule has 0 aliphatic carbocycles. The van der Waals surface area contributed by atoms with Crippen LogP contribution in [0.3, 0.4) is 0 Å². The largest absolute Gasteiger partial charge is 0.381 e. The fourth-order valence-corrected chi connectivity index (χ4v) is 1.35. The van der Waals surface area contributed by atoms with Gasteiger partial charge in [-0.25, -0.2) is 0 Å². The number of para-hydroxylation sites is 1. The minimum atomic E-state index is -0.307. The maximum absolute atomic E-state index is 5.39. The van der Waals surface area contributed by atoms with E-state index in [-0.39, 0.29) is 6.10 Å². The lowest BCUT2D eigenvalue weighted by atomic mass is 10.1. The second-order valence-corrected chi connectivity index (χ2v) is 3.04. The van der Waals surface area contributed by atoms with Crippen molar-refractivity contribution in [3.05, 3.63) is 42.5 Å². The van der Waals surface area contributed by atoms with E-state index in [9.17, 15) is 0 Å². The first-order chi connectivity index (χ1) is 7.33. The lowest BCUT2D eigenvalue weighted by Crippen LogP contribution is -2.05. The Morgan fingerprint density at radius 1 is 1.60 bits per heavy atom. The molecule has 1 rings (SSSR count). The van der Waals surface area contributed by atoms with Crippen LogP contribution >= 0.6 is 0 Å². The Morgan fingerprint density at radius 2 is 2.33 bits per heavy atom. The molecule has 0 aliphatic heterocycles. The molecule has 0 bridgehead atoms. The number of anilines is 1. The van der Waals surface area contributed by atoms with E-state index in [1.54, 1.807) is 13.2 Å². The number of rotatable bonds is 5. The van der Waals surface area contributed by atoms with Crippen LogP contribution in [0.25, 0.3) is 0 Å². The molecule has 2 heteroatoms. The quantitative estimate of drug-likeness (QED) is 0.584. The molecule has 78 valence electrons. The predicted octanol–water partition coefficient (Wildman–Crippen LogP) is 2.61. The van der Waals surface area contributed by atoms with Crippen molar-refractivity contribution in [2.24, 2.45) is 0 Å². The predicted molar refractivity (Wildman–Crippen MR) is 63.7 cm³/mol. The van der Waals surface area contributed by atoms with Gasteiger partial charge in [-0.05, 0) is 6.07 Å². The SMILES string of the molecule is C#CC(OC)c1ccccc1NCC=C. The van der Waals surface area contributed by atoms with Gasteiger partial charge in [0.15, 0.2) is 0 Å². The minimum Gasteiger partial charge on any atom is -0.381 e. The summed E-state index contributed by atoms with van der Waals surface area (Å²) in [6.45, 7) is 4.36. The molecule has 1 unspecified atom stereocenters. The zero-order chi connectivity index (χ0) is 11.1. The van der Waals surface area contributed by atoms with Crippen LogP contribution < -0.4 is 5.32 Å². The summed E-state index contributed by atoms with van der Waals surface area (Å²) in [6, 6.07) is 7.83. The molecule has 0 radical (unpaired) electrons. The lowest BCUT2D eigenvalue weighted by molar-refractivity contribution is 0.151. The number of benzene rings is 1. The fraction of sp³-hybridized carbons (Fsp3) is 0.231. The van der Waals surface area contributed by atoms with Crippen molar-refractivity contribution in [2.45, 2.75) is 6.10 Å². The highest BCUT2D eigenvalue weighted by Crippen LogP contribution is 2.24. The summed E-state index contributed by atoms with van der Waals surface area (Å²) in [5.74, 6) is 2.60. The highest BCUT2D eigenvalue weighted by Gasteiger charge is 2.10. The number of methoxy groups -OCH3 is 1. The first-order valence-electron chi connectivity index (χ1n) is 4.76. The van der Waals surface area contributed by atoms with Gasteiger partial charge in [-0.3, -0.25) is 0 Å². The van der Waals surface area contributed by atoms with Crippen LogP contribution in [0.5, 0.6) is 0 Å². The summed E-state index contributed by atoms with van der Waals surface area (Å²) >= 11 is 0. The van der Waals surface area contributed by atoms with E-state index in [0.29, 0.717) is 6.54 Å². The van der Waals surface area contributed by atoms with Crippen molar-refractivity contribution in [1.29, 1.82) is 0 Å². The van der Waals surface area contributed by atoms with Crippen LogP contribution in [0.4, 0.5) is 5.69 Å². The topological polar surface area (TPSA) is 21.3 Å². The Morgan fingerprint density at radius 3 is 2.93 bits per heavy atom. The van der Waals surface area contributed by atoms with E-state index >= 15 is 0 Å². The molecule has 1 N–H and O–H groups in total. The molecule has 1 aromatic rings. The van der Waals surface area contributed by atoms with Crippen molar-refractivity contribution < 1.29 is 4.74 Å². The summed E-state index contributed by atoms with van der Waals surface area (Å²) in [7, 11) is 1.61. The Bertz CT molecular complexity index is 365. The minimum absolute atomic E-state index is 0.307. The van der Waals surface area contributed by atoms with Crippen LogP contribution in [0.1, 0.15) is 11.7 Å². The fourth-order valence-electron chi connectivity index (χ4n) is 1.35. The second-order valence-electron chi connectivity index (χ2n) is 3.04. The molecule has 0 spiro atoms. The average Bonchev–Trinajstić information content (AvgIpc) is 2.29. The third kappa shape index (κ3) is 2.87. The summed E-state index contributed by atoms with van der Waals surface area (Å²) in [4.78, 5) is 0. The van der Waals surface area contributed by atoms with Crippen LogP contribution in [0.15, 0.2) is 36.9 Å². The summed E-state index contributed by atoms with van der Waals surface area (Å²) < 4.78 is 5.20. The van der Waals surface area contributed by atoms with E-state index in [2.05, 4.69) is 17.8 Å². The molecule has 15 heavy (non-hydrogen) atoms. The van der Waals surface area contributed by atoms with Crippen LogP contribution in [0, 0.1) is 12.3 Å². The summed E-state index contributed by atoms with van der Waals surface area (Å²) in [5.41, 5.74) is 1.96. The van der Waals surface area contributed by atoms with Gasteiger partial charge >= 0.3 is 0 Å². The van der Waals surface area contributed by atoms with Gasteiger partial charge < -0.3 is 10.1 Å². The standard InChI is InChI=1S/C13H15NO/c1-4-10-14-12-9-7-6-8-11(12)13(5-2)15-3/h2,4,6-9,13-14H,1,10H2,3H3. The van der Waals surface area contributed by atoms with Gasteiger partial charge in [0, 0.05) is 24.9 Å². The van der Waals surface area contributed by atoms with Gasteiger partial charge in [-0.15, -0.1) is 13.0 Å². The Balaban J connectivity index is 2.95. The number of hydrogen-bond acceptors (Lipinski definition) is 2. The maximum atomic E-state index is 5.39. The smallest absolute Gasteiger partial charge is 0.144 e. The van der Waals surface area contributed by atoms with Gasteiger partial charge in [0.1, 0.15) is 6.10 Å². The van der Waals surface area contributed by atoms with Gasteiger partial charge in [0.25, 0.3) is 0 Å². The van der Waals surface area contributed by atoms with Crippen molar-refractivity contribution in [2.75, 3.05) is 19.0 Å². The average molecular weight is 201 g/mol. The number of ether oxygens (including phenoxy) is 1. The zero-order valence-electron chi connectivity index (χ0n) is 8.86. The van der Waals surface area contributed by atoms with E-state index in [1.807, 2.05) is 24.3 Å². The molecule has 2 nitrogen and oxygen atoms in total. The molecule has 0 saturated heterocycles. The lowest BCUT2D eigenvalue weighted by Gasteiger charge is -2.14. The van der Waals surface area contributed by atoms with Crippen molar-refractivity contribution in [3.63, 3.8) is 0 Å². The molecular formula is C13H15NO. The monoisotopic (exact) mass is 201 g/mol. The molecule has 1 atom stereocenters. The van der Waals surface area contributed by atoms with Crippen LogP contribution in [0.2, 0.25) is 0 Å². The van der Waals surface area contributed by atoms with Gasteiger partial charge in [-0.2, -0.15) is 0 Å². The highest BCUT2D eigenvalue weighted by molar-refractivity contribution is 5.54. The van der Waals surface area contributed by atoms with Gasteiger partial charge in [0.05, 0.1) is 0 Å². The Kier molecular flexibility index (Phi) is 4.46. The van der Waals surface area contributed by atoms with Crippen molar-refractivity contribution >= 4 is 5.69 Å². The first-order valence-corrected chi connectivity index (χ1v) is 4.76. The van der Waals surface area contributed by atoms with Crippen molar-refractivity contribution in [1.82, 2.24) is 0 Å². The molecule has 0 amide bonds. The van der Waals surface area contributed by atoms with Crippen LogP contribution in [-0.2, 0) is 4.74 Å². The zero-order valence-corrected chi connectivity index (χ0v) is 8.86. The van der Waals surface area contributed by atoms with Gasteiger partial charge in [-0.1, -0.05) is 30.2 Å². The van der Waals surface area contributed by atoms with E-state index < -0.39 is 0 Å². The third-order valence-electron chi connectivity index (χ3n) is 2.07. The molecule has 0 aromatic heterocycles. The Labute approximate surface area is 91.0 Å². The maximum Gasteiger partial charge on any atom is 0.144 e. The van der Waals surface area contributed by atoms with E-state index in [4.69, 9.17) is 11.2 Å². The summed E-state index contributed by atoms with van der Waals surface area (Å²) in [6.07, 6.45) is 6.88. The second kappa shape index (κ2) is 5.90. The number of terminal acetylenes is 1. The van der Waals surface area contributed by atoms with E-state index in [1.165, 1.54) is 0 Å². The molecule has 0 heterocycles. The van der Waals surface area contributed by atoms with Crippen molar-refractivity contribution in [3.8, 4) is 12.3 Å². The van der Waals surface area contributed by atoms with Crippen LogP contribution in [-0.4, -0.2) is 13.7 Å². The number of hydrogen-bond donors (Lipinski definition) is 1. The third-order valence-corrected chi connectivity index (χ3v) is 2.07. The molecular weight excluding hydrogens is 186 g/mol. The molecule has 0 aliphatic rings. The molecule has 1 aromatic carbocycles. The van der Waals surface area contributed by atoms with Gasteiger partial charge in [0.2, 0.25) is 0 Å². The summed E-state index contributed by atoms with van der Waals surface area (Å²) in [5, 5.41) is 3.22.